The van der Waals surface area contributed by atoms with E-state index in [0.717, 1.165) is 11.3 Å². The molecule has 0 unspecified atom stereocenters. The zero-order valence-electron chi connectivity index (χ0n) is 9.87. The number of aromatic nitrogens is 1. The average Bonchev–Trinajstić information content (AvgIpc) is 2.42. The lowest BCUT2D eigenvalue weighted by Gasteiger charge is -2.09. The molecule has 2 N–H and O–H groups in total. The third-order valence-corrected chi connectivity index (χ3v) is 3.49. The highest BCUT2D eigenvalue weighted by Gasteiger charge is 2.07. The lowest BCUT2D eigenvalue weighted by Crippen LogP contribution is -2.01. The third kappa shape index (κ3) is 3.74. The van der Waals surface area contributed by atoms with Crippen LogP contribution >= 0.6 is 34.8 Å². The predicted molar refractivity (Wildman–Crippen MR) is 77.9 cm³/mol. The van der Waals surface area contributed by atoms with E-state index in [-0.39, 0.29) is 0 Å². The summed E-state index contributed by atoms with van der Waals surface area (Å²) in [5, 5.41) is 1.20. The summed E-state index contributed by atoms with van der Waals surface area (Å²) in [6, 6.07) is 6.89. The Morgan fingerprint density at radius 1 is 1.05 bits per heavy atom. The quantitative estimate of drug-likeness (QED) is 0.864. The van der Waals surface area contributed by atoms with Crippen LogP contribution in [0.5, 0.6) is 5.75 Å². The molecule has 0 aliphatic rings. The molecule has 0 radical (unpaired) electrons. The van der Waals surface area contributed by atoms with Crippen molar-refractivity contribution in [2.24, 2.45) is 5.73 Å². The molecular weight excluding hydrogens is 307 g/mol. The van der Waals surface area contributed by atoms with E-state index in [9.17, 15) is 0 Å². The van der Waals surface area contributed by atoms with Gasteiger partial charge in [0.05, 0.1) is 20.8 Å². The van der Waals surface area contributed by atoms with Gasteiger partial charge in [-0.3, -0.25) is 4.98 Å². The Labute approximate surface area is 126 Å². The molecule has 1 aromatic carbocycles. The van der Waals surface area contributed by atoms with Crippen molar-refractivity contribution in [3.8, 4) is 5.75 Å². The number of pyridine rings is 1. The number of hydrogen-bond acceptors (Lipinski definition) is 3. The topological polar surface area (TPSA) is 48.1 Å². The second kappa shape index (κ2) is 6.44. The zero-order chi connectivity index (χ0) is 13.8. The van der Waals surface area contributed by atoms with Gasteiger partial charge in [-0.1, -0.05) is 40.9 Å². The van der Waals surface area contributed by atoms with E-state index < -0.39 is 0 Å². The summed E-state index contributed by atoms with van der Waals surface area (Å²) in [6.45, 7) is 0.759. The molecule has 0 saturated carbocycles. The van der Waals surface area contributed by atoms with Crippen molar-refractivity contribution in [1.29, 1.82) is 0 Å². The highest BCUT2D eigenvalue weighted by molar-refractivity contribution is 6.43. The first-order valence-corrected chi connectivity index (χ1v) is 6.64. The Morgan fingerprint density at radius 3 is 2.42 bits per heavy atom. The minimum Gasteiger partial charge on any atom is -0.486 e. The van der Waals surface area contributed by atoms with Gasteiger partial charge in [-0.05, 0) is 17.7 Å². The minimum absolute atomic E-state index is 0.294. The number of hydrogen-bond donors (Lipinski definition) is 1. The SMILES string of the molecule is NCc1ccc(COc2cc(Cl)c(Cl)cc2Cl)nc1. The van der Waals surface area contributed by atoms with Crippen molar-refractivity contribution in [2.75, 3.05) is 0 Å². The summed E-state index contributed by atoms with van der Waals surface area (Å²) < 4.78 is 5.56. The molecule has 2 aromatic rings. The summed E-state index contributed by atoms with van der Waals surface area (Å²) in [6.07, 6.45) is 1.72. The normalized spacial score (nSPS) is 10.5. The zero-order valence-corrected chi connectivity index (χ0v) is 12.1. The van der Waals surface area contributed by atoms with E-state index in [1.165, 1.54) is 0 Å². The lowest BCUT2D eigenvalue weighted by molar-refractivity contribution is 0.301. The Hall–Kier alpha value is -1.000. The number of benzene rings is 1. The molecule has 0 bridgehead atoms. The Kier molecular flexibility index (Phi) is 4.88. The maximum absolute atomic E-state index is 6.01. The molecule has 0 saturated heterocycles. The molecule has 100 valence electrons. The van der Waals surface area contributed by atoms with Crippen LogP contribution in [0, 0.1) is 0 Å². The molecule has 3 nitrogen and oxygen atoms in total. The fraction of sp³-hybridized carbons (Fsp3) is 0.154. The summed E-state index contributed by atoms with van der Waals surface area (Å²) in [5.41, 5.74) is 7.25. The Balaban J connectivity index is 2.07. The summed E-state index contributed by atoms with van der Waals surface area (Å²) in [5.74, 6) is 0.473. The predicted octanol–water partition coefficient (Wildman–Crippen LogP) is 4.08. The van der Waals surface area contributed by atoms with Crippen LogP contribution in [0.2, 0.25) is 15.1 Å². The number of rotatable bonds is 4. The van der Waals surface area contributed by atoms with Crippen molar-refractivity contribution < 1.29 is 4.74 Å². The molecule has 1 heterocycles. The van der Waals surface area contributed by atoms with Crippen LogP contribution in [-0.4, -0.2) is 4.98 Å². The fourth-order valence-electron chi connectivity index (χ4n) is 1.43. The first kappa shape index (κ1) is 14.4. The standard InChI is InChI=1S/C13H11Cl3N2O/c14-10-3-12(16)13(4-11(10)15)19-7-9-2-1-8(5-17)6-18-9/h1-4,6H,5,7,17H2. The van der Waals surface area contributed by atoms with Crippen LogP contribution in [-0.2, 0) is 13.2 Å². The van der Waals surface area contributed by atoms with E-state index in [1.54, 1.807) is 18.3 Å². The Morgan fingerprint density at radius 2 is 1.79 bits per heavy atom. The molecule has 6 heteroatoms. The average molecular weight is 318 g/mol. The first-order valence-electron chi connectivity index (χ1n) is 5.51. The third-order valence-electron chi connectivity index (χ3n) is 2.47. The number of halogens is 3. The monoisotopic (exact) mass is 316 g/mol. The van der Waals surface area contributed by atoms with Gasteiger partial charge in [-0.15, -0.1) is 0 Å². The molecule has 0 atom stereocenters. The smallest absolute Gasteiger partial charge is 0.140 e. The minimum atomic E-state index is 0.294. The van der Waals surface area contributed by atoms with Crippen LogP contribution in [0.4, 0.5) is 0 Å². The Bertz CT molecular complexity index is 573. The van der Waals surface area contributed by atoms with E-state index in [4.69, 9.17) is 45.3 Å². The molecular formula is C13H11Cl3N2O. The van der Waals surface area contributed by atoms with Gasteiger partial charge in [0.15, 0.2) is 0 Å². The van der Waals surface area contributed by atoms with Crippen LogP contribution in [0.15, 0.2) is 30.5 Å². The van der Waals surface area contributed by atoms with Crippen molar-refractivity contribution >= 4 is 34.8 Å². The molecule has 2 rings (SSSR count). The highest BCUT2D eigenvalue weighted by Crippen LogP contribution is 2.34. The van der Waals surface area contributed by atoms with Crippen molar-refractivity contribution in [3.05, 3.63) is 56.8 Å². The van der Waals surface area contributed by atoms with Crippen LogP contribution in [0.25, 0.3) is 0 Å². The van der Waals surface area contributed by atoms with E-state index >= 15 is 0 Å². The molecule has 19 heavy (non-hydrogen) atoms. The second-order valence-corrected chi connectivity index (χ2v) is 5.07. The van der Waals surface area contributed by atoms with Gasteiger partial charge in [0.2, 0.25) is 0 Å². The molecule has 0 spiro atoms. The van der Waals surface area contributed by atoms with Crippen LogP contribution in [0.1, 0.15) is 11.3 Å². The lowest BCUT2D eigenvalue weighted by atomic mass is 10.2. The first-order chi connectivity index (χ1) is 9.10. The van der Waals surface area contributed by atoms with Gasteiger partial charge in [0.25, 0.3) is 0 Å². The van der Waals surface area contributed by atoms with Gasteiger partial charge < -0.3 is 10.5 Å². The number of ether oxygens (including phenoxy) is 1. The largest absolute Gasteiger partial charge is 0.486 e. The second-order valence-electron chi connectivity index (χ2n) is 3.85. The fourth-order valence-corrected chi connectivity index (χ4v) is 2.02. The summed E-state index contributed by atoms with van der Waals surface area (Å²) >= 11 is 17.8. The van der Waals surface area contributed by atoms with Crippen molar-refractivity contribution in [1.82, 2.24) is 4.98 Å². The molecule has 1 aromatic heterocycles. The molecule has 0 aliphatic heterocycles. The molecule has 0 fully saturated rings. The maximum Gasteiger partial charge on any atom is 0.140 e. The van der Waals surface area contributed by atoms with Gasteiger partial charge in [-0.2, -0.15) is 0 Å². The van der Waals surface area contributed by atoms with Gasteiger partial charge in [0, 0.05) is 18.8 Å². The molecule has 0 aliphatic carbocycles. The maximum atomic E-state index is 6.01. The van der Waals surface area contributed by atoms with E-state index in [0.29, 0.717) is 34.0 Å². The van der Waals surface area contributed by atoms with Gasteiger partial charge in [-0.25, -0.2) is 0 Å². The van der Waals surface area contributed by atoms with Gasteiger partial charge in [0.1, 0.15) is 12.4 Å². The van der Waals surface area contributed by atoms with Crippen LogP contribution in [0.3, 0.4) is 0 Å². The number of nitrogens with two attached hydrogens (primary N) is 1. The van der Waals surface area contributed by atoms with Crippen LogP contribution < -0.4 is 10.5 Å². The van der Waals surface area contributed by atoms with E-state index in [2.05, 4.69) is 4.98 Å². The van der Waals surface area contributed by atoms with Crippen molar-refractivity contribution in [3.63, 3.8) is 0 Å². The van der Waals surface area contributed by atoms with E-state index in [1.807, 2.05) is 12.1 Å². The number of nitrogens with zero attached hydrogens (tertiary/aromatic N) is 1. The molecule has 0 amide bonds. The summed E-state index contributed by atoms with van der Waals surface area (Å²) in [4.78, 5) is 4.23. The van der Waals surface area contributed by atoms with Crippen molar-refractivity contribution in [2.45, 2.75) is 13.2 Å². The summed E-state index contributed by atoms with van der Waals surface area (Å²) in [7, 11) is 0. The highest BCUT2D eigenvalue weighted by atomic mass is 35.5. The van der Waals surface area contributed by atoms with Gasteiger partial charge >= 0.3 is 0 Å².